The Bertz CT molecular complexity index is 1050. The first-order valence-corrected chi connectivity index (χ1v) is 24.4. The van der Waals surface area contributed by atoms with Gasteiger partial charge in [-0.05, 0) is 88.1 Å². The third-order valence-corrected chi connectivity index (χ3v) is 20.1. The lowest BCUT2D eigenvalue weighted by molar-refractivity contribution is -0.136. The van der Waals surface area contributed by atoms with E-state index < -0.39 is 40.3 Å². The number of rotatable bonds is 18. The fourth-order valence-electron chi connectivity index (χ4n) is 5.22. The molecule has 0 bridgehead atoms. The molecule has 1 N–H and O–H groups in total. The Kier molecular flexibility index (Phi) is 19.0. The van der Waals surface area contributed by atoms with Crippen LogP contribution < -0.4 is 5.32 Å². The van der Waals surface area contributed by atoms with Crippen LogP contribution in [0.15, 0.2) is 11.6 Å². The van der Waals surface area contributed by atoms with Gasteiger partial charge in [0.15, 0.2) is 21.8 Å². The maximum absolute atomic E-state index is 13.9. The van der Waals surface area contributed by atoms with Crippen molar-refractivity contribution in [1.29, 1.82) is 0 Å². The zero-order valence-corrected chi connectivity index (χ0v) is 36.8. The molecule has 48 heavy (non-hydrogen) atoms. The standard InChI is InChI=1S/C37H73NO7SSi2/c1-19-48(20-2,21-3)45-31(35(7,8)9)23-26(4)22-30(44-47(17,18)37(13,14)15)28(6)33(40)46-25-29(24-27(5)32(39)42-16)38-34(41)43-36(10,11)12/h24,26,28-31H,19-23,25H2,1-18H3,(H,38,41)/b27-24+/t26-,28-,29-,30-,31-/m0/s1. The van der Waals surface area contributed by atoms with Crippen LogP contribution >= 0.6 is 11.8 Å². The minimum absolute atomic E-state index is 0.00884. The Morgan fingerprint density at radius 2 is 1.38 bits per heavy atom. The van der Waals surface area contributed by atoms with Crippen molar-refractivity contribution in [1.82, 2.24) is 5.32 Å². The molecule has 0 unspecified atom stereocenters. The fourth-order valence-corrected chi connectivity index (χ4v) is 10.6. The van der Waals surface area contributed by atoms with Crippen molar-refractivity contribution in [3.63, 3.8) is 0 Å². The summed E-state index contributed by atoms with van der Waals surface area (Å²) < 4.78 is 24.4. The zero-order chi connectivity index (χ0) is 37.9. The molecular weight excluding hydrogens is 659 g/mol. The third kappa shape index (κ3) is 16.3. The van der Waals surface area contributed by atoms with Crippen molar-refractivity contribution in [3.05, 3.63) is 11.6 Å². The summed E-state index contributed by atoms with van der Waals surface area (Å²) in [5.41, 5.74) is -0.363. The lowest BCUT2D eigenvalue weighted by Crippen LogP contribution is -2.47. The van der Waals surface area contributed by atoms with Crippen molar-refractivity contribution in [2.45, 2.75) is 177 Å². The van der Waals surface area contributed by atoms with Gasteiger partial charge in [0.05, 0.1) is 31.3 Å². The fraction of sp³-hybridized carbons (Fsp3) is 0.865. The average Bonchev–Trinajstić information content (AvgIpc) is 2.94. The van der Waals surface area contributed by atoms with Crippen molar-refractivity contribution in [3.8, 4) is 0 Å². The van der Waals surface area contributed by atoms with E-state index in [9.17, 15) is 14.4 Å². The van der Waals surface area contributed by atoms with Gasteiger partial charge < -0.3 is 23.6 Å². The summed E-state index contributed by atoms with van der Waals surface area (Å²) >= 11 is 1.15. The Morgan fingerprint density at radius 3 is 1.79 bits per heavy atom. The Hall–Kier alpha value is -1.15. The highest BCUT2D eigenvalue weighted by molar-refractivity contribution is 8.13. The van der Waals surface area contributed by atoms with Gasteiger partial charge in [0.1, 0.15) is 5.60 Å². The van der Waals surface area contributed by atoms with E-state index in [0.29, 0.717) is 5.57 Å². The molecule has 0 aliphatic heterocycles. The van der Waals surface area contributed by atoms with Crippen molar-refractivity contribution in [2.24, 2.45) is 17.3 Å². The van der Waals surface area contributed by atoms with Crippen LogP contribution in [0.2, 0.25) is 36.3 Å². The lowest BCUT2D eigenvalue weighted by Gasteiger charge is -2.43. The molecule has 1 amide bonds. The highest BCUT2D eigenvalue weighted by atomic mass is 32.2. The largest absolute Gasteiger partial charge is 0.466 e. The summed E-state index contributed by atoms with van der Waals surface area (Å²) in [6.07, 6.45) is 2.51. The molecule has 0 heterocycles. The maximum atomic E-state index is 13.9. The van der Waals surface area contributed by atoms with Gasteiger partial charge in [-0.3, -0.25) is 4.79 Å². The molecule has 0 spiro atoms. The average molecular weight is 732 g/mol. The highest BCUT2D eigenvalue weighted by Gasteiger charge is 2.43. The maximum Gasteiger partial charge on any atom is 0.408 e. The van der Waals surface area contributed by atoms with Gasteiger partial charge in [-0.25, -0.2) is 9.59 Å². The van der Waals surface area contributed by atoms with Gasteiger partial charge in [0, 0.05) is 11.3 Å². The quantitative estimate of drug-likeness (QED) is 0.0845. The molecule has 0 aromatic heterocycles. The summed E-state index contributed by atoms with van der Waals surface area (Å²) in [6, 6.07) is 2.71. The van der Waals surface area contributed by atoms with E-state index in [1.165, 1.54) is 7.11 Å². The zero-order valence-electron chi connectivity index (χ0n) is 34.0. The molecule has 0 radical (unpaired) electrons. The second-order valence-electron chi connectivity index (χ2n) is 17.2. The number of hydrogen-bond acceptors (Lipinski definition) is 8. The molecule has 0 saturated carbocycles. The van der Waals surface area contributed by atoms with Crippen LogP contribution in [0.1, 0.15) is 117 Å². The van der Waals surface area contributed by atoms with E-state index in [1.807, 2.05) is 6.92 Å². The minimum Gasteiger partial charge on any atom is -0.466 e. The minimum atomic E-state index is -2.22. The molecule has 11 heteroatoms. The Labute approximate surface area is 301 Å². The number of hydrogen-bond donors (Lipinski definition) is 1. The van der Waals surface area contributed by atoms with E-state index in [-0.39, 0.29) is 45.4 Å². The van der Waals surface area contributed by atoms with E-state index in [2.05, 4.69) is 87.6 Å². The molecular formula is C37H73NO7SSi2. The first-order valence-electron chi connectivity index (χ1n) is 18.0. The van der Waals surface area contributed by atoms with Crippen LogP contribution in [0.25, 0.3) is 0 Å². The van der Waals surface area contributed by atoms with Gasteiger partial charge in [-0.15, -0.1) is 0 Å². The topological polar surface area (TPSA) is 100 Å². The van der Waals surface area contributed by atoms with E-state index >= 15 is 0 Å². The number of alkyl carbamates (subject to hydrolysis) is 1. The van der Waals surface area contributed by atoms with Crippen molar-refractivity contribution < 1.29 is 32.7 Å². The SMILES string of the molecule is CC[Si](CC)(CC)O[C@@H](C[C@@H](C)C[C@H](O[Si](C)(C)C(C)(C)C)[C@H](C)C(=O)SC[C@H](/C=C(\C)C(=O)OC)NC(=O)OC(C)(C)C)C(C)(C)C. The Balaban J connectivity index is 6.26. The molecule has 0 saturated heterocycles. The van der Waals surface area contributed by atoms with Gasteiger partial charge in [0.25, 0.3) is 0 Å². The molecule has 0 aliphatic carbocycles. The molecule has 5 atom stereocenters. The highest BCUT2D eigenvalue weighted by Crippen LogP contribution is 2.41. The number of nitrogens with one attached hydrogen (secondary N) is 1. The second-order valence-corrected chi connectivity index (χ2v) is 27.7. The van der Waals surface area contributed by atoms with Crippen LogP contribution in [-0.2, 0) is 27.9 Å². The molecule has 0 aliphatic rings. The van der Waals surface area contributed by atoms with Gasteiger partial charge in [0.2, 0.25) is 0 Å². The van der Waals surface area contributed by atoms with E-state index in [4.69, 9.17) is 18.3 Å². The summed E-state index contributed by atoms with van der Waals surface area (Å²) in [4.78, 5) is 38.7. The normalized spacial score (nSPS) is 16.8. The van der Waals surface area contributed by atoms with E-state index in [0.717, 1.165) is 42.7 Å². The van der Waals surface area contributed by atoms with Crippen LogP contribution in [0.4, 0.5) is 4.79 Å². The predicted octanol–water partition coefficient (Wildman–Crippen LogP) is 10.1. The number of ether oxygens (including phenoxy) is 2. The van der Waals surface area contributed by atoms with Gasteiger partial charge in [-0.1, -0.05) is 94.0 Å². The van der Waals surface area contributed by atoms with Gasteiger partial charge >= 0.3 is 12.1 Å². The van der Waals surface area contributed by atoms with Crippen molar-refractivity contribution in [2.75, 3.05) is 12.9 Å². The number of amides is 1. The summed E-state index contributed by atoms with van der Waals surface area (Å²) in [6.45, 7) is 36.0. The lowest BCUT2D eigenvalue weighted by atomic mass is 9.82. The smallest absolute Gasteiger partial charge is 0.408 e. The monoisotopic (exact) mass is 731 g/mol. The number of esters is 1. The molecule has 0 aromatic carbocycles. The molecule has 8 nitrogen and oxygen atoms in total. The van der Waals surface area contributed by atoms with Crippen LogP contribution in [0.3, 0.4) is 0 Å². The first kappa shape index (κ1) is 46.9. The number of carbonyl (C=O) groups excluding carboxylic acids is 3. The summed E-state index contributed by atoms with van der Waals surface area (Å²) in [5, 5.41) is 2.78. The number of methoxy groups -OCH3 is 1. The summed E-state index contributed by atoms with van der Waals surface area (Å²) in [7, 11) is -2.74. The van der Waals surface area contributed by atoms with Crippen LogP contribution in [0.5, 0.6) is 0 Å². The first-order chi connectivity index (χ1) is 21.7. The number of thioether (sulfide) groups is 1. The van der Waals surface area contributed by atoms with Crippen molar-refractivity contribution >= 4 is 45.6 Å². The predicted molar refractivity (Wildman–Crippen MR) is 208 cm³/mol. The molecule has 282 valence electrons. The molecule has 0 fully saturated rings. The van der Waals surface area contributed by atoms with E-state index in [1.54, 1.807) is 33.8 Å². The second kappa shape index (κ2) is 19.5. The van der Waals surface area contributed by atoms with Gasteiger partial charge in [-0.2, -0.15) is 0 Å². The third-order valence-electron chi connectivity index (χ3n) is 9.79. The summed E-state index contributed by atoms with van der Waals surface area (Å²) in [5.74, 6) is -0.379. The molecule has 0 rings (SSSR count). The van der Waals surface area contributed by atoms with Crippen LogP contribution in [0, 0.1) is 17.3 Å². The molecule has 0 aromatic rings. The number of carbonyl (C=O) groups is 3. The van der Waals surface area contributed by atoms with Crippen LogP contribution in [-0.4, -0.2) is 70.5 Å². The Morgan fingerprint density at radius 1 is 0.854 bits per heavy atom.